The van der Waals surface area contributed by atoms with Gasteiger partial charge in [-0.1, -0.05) is 164 Å². The molecule has 0 spiro atoms. The maximum absolute atomic E-state index is 2.36. The highest BCUT2D eigenvalue weighted by molar-refractivity contribution is 5.91. The quantitative estimate of drug-likeness (QED) is 0.166. The lowest BCUT2D eigenvalue weighted by Gasteiger charge is -2.26. The molecule has 0 bridgehead atoms. The average molecular weight is 650 g/mol. The molecular formula is C50H35N. The van der Waals surface area contributed by atoms with Gasteiger partial charge >= 0.3 is 0 Å². The zero-order valence-electron chi connectivity index (χ0n) is 28.2. The van der Waals surface area contributed by atoms with E-state index in [1.807, 2.05) is 0 Å². The molecular weight excluding hydrogens is 615 g/mol. The third-order valence-corrected chi connectivity index (χ3v) is 9.85. The second-order valence-electron chi connectivity index (χ2n) is 13.0. The van der Waals surface area contributed by atoms with E-state index in [9.17, 15) is 0 Å². The van der Waals surface area contributed by atoms with Crippen LogP contribution < -0.4 is 4.90 Å². The molecule has 0 fully saturated rings. The number of rotatable bonds is 7. The van der Waals surface area contributed by atoms with Crippen LogP contribution in [0.4, 0.5) is 17.1 Å². The molecule has 0 saturated carbocycles. The average Bonchev–Trinajstić information content (AvgIpc) is 3.22. The van der Waals surface area contributed by atoms with Crippen LogP contribution in [0.5, 0.6) is 0 Å². The molecule has 9 aromatic rings. The first-order chi connectivity index (χ1) is 25.3. The third kappa shape index (κ3) is 6.07. The first kappa shape index (κ1) is 30.4. The molecule has 51 heavy (non-hydrogen) atoms. The molecule has 0 radical (unpaired) electrons. The lowest BCUT2D eigenvalue weighted by atomic mass is 9.91. The van der Waals surface area contributed by atoms with Crippen LogP contribution in [0.2, 0.25) is 0 Å². The van der Waals surface area contributed by atoms with Gasteiger partial charge in [0, 0.05) is 17.1 Å². The van der Waals surface area contributed by atoms with Crippen molar-refractivity contribution in [2.24, 2.45) is 0 Å². The summed E-state index contributed by atoms with van der Waals surface area (Å²) in [5, 5.41) is 4.96. The van der Waals surface area contributed by atoms with E-state index in [1.165, 1.54) is 66.1 Å². The molecule has 9 rings (SSSR count). The van der Waals surface area contributed by atoms with Crippen molar-refractivity contribution in [1.29, 1.82) is 0 Å². The first-order valence-electron chi connectivity index (χ1n) is 17.5. The number of fused-ring (bicyclic) bond motifs is 2. The van der Waals surface area contributed by atoms with Crippen molar-refractivity contribution in [2.45, 2.75) is 0 Å². The zero-order chi connectivity index (χ0) is 34.0. The van der Waals surface area contributed by atoms with E-state index in [1.54, 1.807) is 0 Å². The summed E-state index contributed by atoms with van der Waals surface area (Å²) in [5.41, 5.74) is 13.0. The molecule has 0 aliphatic carbocycles. The van der Waals surface area contributed by atoms with Crippen LogP contribution in [0.25, 0.3) is 66.1 Å². The summed E-state index contributed by atoms with van der Waals surface area (Å²) in [4.78, 5) is 2.36. The largest absolute Gasteiger partial charge is 0.310 e. The highest BCUT2D eigenvalue weighted by Gasteiger charge is 2.15. The number of benzene rings is 9. The maximum atomic E-state index is 2.36. The van der Waals surface area contributed by atoms with Crippen molar-refractivity contribution in [1.82, 2.24) is 0 Å². The SMILES string of the molecule is c1ccc(-c2ccc(-c3ccc(N(c4ccc(-c5ccc6ccccc6c5)cc4)c4ccc5ccccc5c4)cc3)cc2-c2ccccc2)cc1. The Morgan fingerprint density at radius 1 is 0.216 bits per heavy atom. The Morgan fingerprint density at radius 2 is 0.627 bits per heavy atom. The minimum Gasteiger partial charge on any atom is -0.310 e. The van der Waals surface area contributed by atoms with Crippen LogP contribution in [0.15, 0.2) is 212 Å². The molecule has 0 saturated heterocycles. The van der Waals surface area contributed by atoms with Crippen LogP contribution in [0, 0.1) is 0 Å². The van der Waals surface area contributed by atoms with Crippen molar-refractivity contribution < 1.29 is 0 Å². The second-order valence-corrected chi connectivity index (χ2v) is 13.0. The Kier molecular flexibility index (Phi) is 7.92. The monoisotopic (exact) mass is 649 g/mol. The smallest absolute Gasteiger partial charge is 0.0468 e. The molecule has 0 heterocycles. The van der Waals surface area contributed by atoms with E-state index in [0.29, 0.717) is 0 Å². The van der Waals surface area contributed by atoms with Gasteiger partial charge in [-0.15, -0.1) is 0 Å². The van der Waals surface area contributed by atoms with Gasteiger partial charge in [-0.05, 0) is 115 Å². The van der Waals surface area contributed by atoms with E-state index in [-0.39, 0.29) is 0 Å². The van der Waals surface area contributed by atoms with Crippen LogP contribution >= 0.6 is 0 Å². The predicted octanol–water partition coefficient (Wildman–Crippen LogP) is 14.1. The van der Waals surface area contributed by atoms with Crippen molar-refractivity contribution in [3.8, 4) is 44.5 Å². The molecule has 0 unspecified atom stereocenters. The molecule has 0 aromatic heterocycles. The molecule has 240 valence electrons. The normalized spacial score (nSPS) is 11.1. The van der Waals surface area contributed by atoms with Gasteiger partial charge in [-0.2, -0.15) is 0 Å². The molecule has 1 heteroatoms. The van der Waals surface area contributed by atoms with Crippen molar-refractivity contribution in [2.75, 3.05) is 4.90 Å². The third-order valence-electron chi connectivity index (χ3n) is 9.85. The molecule has 9 aromatic carbocycles. The summed E-state index contributed by atoms with van der Waals surface area (Å²) in [5.74, 6) is 0. The van der Waals surface area contributed by atoms with E-state index in [4.69, 9.17) is 0 Å². The number of anilines is 3. The van der Waals surface area contributed by atoms with Crippen molar-refractivity contribution >= 4 is 38.6 Å². The Labute approximate surface area is 299 Å². The molecule has 0 N–H and O–H groups in total. The van der Waals surface area contributed by atoms with Crippen LogP contribution in [0.1, 0.15) is 0 Å². The Hall–Kier alpha value is -6.70. The van der Waals surface area contributed by atoms with Gasteiger partial charge < -0.3 is 4.90 Å². The lowest BCUT2D eigenvalue weighted by Crippen LogP contribution is -2.09. The van der Waals surface area contributed by atoms with Crippen molar-refractivity contribution in [3.63, 3.8) is 0 Å². The summed E-state index contributed by atoms with van der Waals surface area (Å²) in [6.07, 6.45) is 0. The fourth-order valence-corrected chi connectivity index (χ4v) is 7.19. The topological polar surface area (TPSA) is 3.24 Å². The minimum atomic E-state index is 1.11. The maximum Gasteiger partial charge on any atom is 0.0468 e. The fourth-order valence-electron chi connectivity index (χ4n) is 7.19. The van der Waals surface area contributed by atoms with E-state index in [2.05, 4.69) is 217 Å². The van der Waals surface area contributed by atoms with E-state index >= 15 is 0 Å². The fraction of sp³-hybridized carbons (Fsp3) is 0. The Bertz CT molecular complexity index is 2600. The highest BCUT2D eigenvalue weighted by atomic mass is 15.1. The predicted molar refractivity (Wildman–Crippen MR) is 218 cm³/mol. The number of hydrogen-bond acceptors (Lipinski definition) is 1. The Balaban J connectivity index is 1.10. The van der Waals surface area contributed by atoms with Gasteiger partial charge in [0.25, 0.3) is 0 Å². The number of nitrogens with zero attached hydrogens (tertiary/aromatic N) is 1. The van der Waals surface area contributed by atoms with E-state index in [0.717, 1.165) is 17.1 Å². The minimum absolute atomic E-state index is 1.11. The van der Waals surface area contributed by atoms with Crippen LogP contribution in [0.3, 0.4) is 0 Å². The van der Waals surface area contributed by atoms with Gasteiger partial charge in [0.05, 0.1) is 0 Å². The molecule has 0 amide bonds. The van der Waals surface area contributed by atoms with E-state index < -0.39 is 0 Å². The molecule has 0 aliphatic rings. The van der Waals surface area contributed by atoms with Gasteiger partial charge in [-0.3, -0.25) is 0 Å². The van der Waals surface area contributed by atoms with Gasteiger partial charge in [0.1, 0.15) is 0 Å². The second kappa shape index (κ2) is 13.3. The van der Waals surface area contributed by atoms with Gasteiger partial charge in [0.15, 0.2) is 0 Å². The summed E-state index contributed by atoms with van der Waals surface area (Å²) >= 11 is 0. The summed E-state index contributed by atoms with van der Waals surface area (Å²) in [6.45, 7) is 0. The summed E-state index contributed by atoms with van der Waals surface area (Å²) < 4.78 is 0. The first-order valence-corrected chi connectivity index (χ1v) is 17.5. The van der Waals surface area contributed by atoms with Crippen LogP contribution in [-0.2, 0) is 0 Å². The summed E-state index contributed by atoms with van der Waals surface area (Å²) in [7, 11) is 0. The van der Waals surface area contributed by atoms with Crippen molar-refractivity contribution in [3.05, 3.63) is 212 Å². The van der Waals surface area contributed by atoms with Gasteiger partial charge in [0.2, 0.25) is 0 Å². The zero-order valence-corrected chi connectivity index (χ0v) is 28.2. The molecule has 0 aliphatic heterocycles. The Morgan fingerprint density at radius 3 is 1.22 bits per heavy atom. The molecule has 0 atom stereocenters. The molecule has 1 nitrogen and oxygen atoms in total. The summed E-state index contributed by atoms with van der Waals surface area (Å²) in [6, 6.07) is 76.7. The lowest BCUT2D eigenvalue weighted by molar-refractivity contribution is 1.29. The number of hydrogen-bond donors (Lipinski definition) is 0. The van der Waals surface area contributed by atoms with Gasteiger partial charge in [-0.25, -0.2) is 0 Å². The van der Waals surface area contributed by atoms with Crippen LogP contribution in [-0.4, -0.2) is 0 Å². The standard InChI is InChI=1S/C50H35N/c1-3-13-40(14-4-1)49-32-26-45(35-50(49)41-15-5-2-6-16-41)39-23-29-47(30-24-39)51(48-31-25-37-12-8-10-18-43(37)34-48)46-27-21-38(22-28-46)44-20-19-36-11-7-9-17-42(36)33-44/h1-35H. The highest BCUT2D eigenvalue weighted by Crippen LogP contribution is 2.40.